The average Bonchev–Trinajstić information content (AvgIpc) is 3.34. The number of carbonyl (C=O) groups excluding carboxylic acids is 3. The molecule has 0 bridgehead atoms. The molecule has 0 spiro atoms. The Bertz CT molecular complexity index is 1420. The lowest BCUT2D eigenvalue weighted by atomic mass is 9.75. The van der Waals surface area contributed by atoms with Crippen LogP contribution in [-0.4, -0.2) is 58.9 Å². The van der Waals surface area contributed by atoms with Crippen LogP contribution in [-0.2, 0) is 32.0 Å². The maximum atomic E-state index is 14.2. The molecule has 0 saturated carbocycles. The van der Waals surface area contributed by atoms with Gasteiger partial charge in [0.05, 0.1) is 12.0 Å². The molecule has 8 heteroatoms. The summed E-state index contributed by atoms with van der Waals surface area (Å²) in [5.41, 5.74) is 8.60. The summed E-state index contributed by atoms with van der Waals surface area (Å²) in [7, 11) is 0. The van der Waals surface area contributed by atoms with Gasteiger partial charge in [0.1, 0.15) is 6.04 Å². The number of nitrogens with one attached hydrogen (secondary N) is 2. The molecule has 4 N–H and O–H groups in total. The van der Waals surface area contributed by atoms with Crippen molar-refractivity contribution in [3.63, 3.8) is 0 Å². The lowest BCUT2D eigenvalue weighted by Crippen LogP contribution is -2.56. The van der Waals surface area contributed by atoms with E-state index in [9.17, 15) is 14.4 Å². The Labute approximate surface area is 248 Å². The number of nitrogens with two attached hydrogens (primary N) is 1. The number of para-hydroxylation sites is 1. The van der Waals surface area contributed by atoms with Crippen molar-refractivity contribution in [2.75, 3.05) is 19.7 Å². The number of nitrogens with zero attached hydrogens (tertiary/aromatic N) is 1. The van der Waals surface area contributed by atoms with Crippen molar-refractivity contribution in [2.24, 2.45) is 11.1 Å². The van der Waals surface area contributed by atoms with Gasteiger partial charge in [-0.05, 0) is 70.6 Å². The molecule has 2 unspecified atom stereocenters. The van der Waals surface area contributed by atoms with Crippen molar-refractivity contribution in [2.45, 2.75) is 71.4 Å². The molecular formula is C34H44N4O4. The zero-order valence-corrected chi connectivity index (χ0v) is 25.2. The quantitative estimate of drug-likeness (QED) is 0.228. The smallest absolute Gasteiger partial charge is 0.314 e. The normalized spacial score (nSPS) is 18.5. The number of fused-ring (bicyclic) bond motifs is 1. The molecule has 42 heavy (non-hydrogen) atoms. The van der Waals surface area contributed by atoms with Gasteiger partial charge in [-0.25, -0.2) is 0 Å². The van der Waals surface area contributed by atoms with E-state index in [0.29, 0.717) is 38.6 Å². The van der Waals surface area contributed by atoms with E-state index < -0.39 is 17.0 Å². The van der Waals surface area contributed by atoms with Crippen LogP contribution in [0.2, 0.25) is 0 Å². The molecule has 0 radical (unpaired) electrons. The van der Waals surface area contributed by atoms with Gasteiger partial charge in [0.25, 0.3) is 0 Å². The highest BCUT2D eigenvalue weighted by molar-refractivity contribution is 5.94. The third-order valence-electron chi connectivity index (χ3n) is 7.81. The molecule has 1 aliphatic heterocycles. The Morgan fingerprint density at radius 2 is 1.86 bits per heavy atom. The number of H-pyrrole nitrogens is 1. The zero-order valence-electron chi connectivity index (χ0n) is 25.2. The topological polar surface area (TPSA) is 118 Å². The molecule has 2 aromatic carbocycles. The molecule has 224 valence electrons. The van der Waals surface area contributed by atoms with E-state index in [1.807, 2.05) is 81.6 Å². The standard InChI is InChI=1S/C34H44N4O4/c1-5-42-32(41)34(21-25-12-7-6-8-13-25)16-11-17-38(23-34)31(40)29(37-30(39)18-24(2)20-33(3,4)35)19-26-22-36-28-15-10-9-14-27(26)28/h6-10,12-15,18,22,29,36H,5,11,16-17,19-21,23,35H2,1-4H3,(H,37,39)/b24-18+. The van der Waals surface area contributed by atoms with Crippen molar-refractivity contribution < 1.29 is 19.1 Å². The van der Waals surface area contributed by atoms with E-state index in [1.165, 1.54) is 6.08 Å². The predicted octanol–water partition coefficient (Wildman–Crippen LogP) is 4.68. The number of rotatable bonds is 11. The van der Waals surface area contributed by atoms with Gasteiger partial charge in [-0.2, -0.15) is 0 Å². The van der Waals surface area contributed by atoms with Crippen LogP contribution < -0.4 is 11.1 Å². The van der Waals surface area contributed by atoms with E-state index in [1.54, 1.807) is 11.8 Å². The van der Waals surface area contributed by atoms with E-state index >= 15 is 0 Å². The second kappa shape index (κ2) is 13.4. The summed E-state index contributed by atoms with van der Waals surface area (Å²) in [5.74, 6) is -0.834. The third kappa shape index (κ3) is 7.88. The first-order chi connectivity index (χ1) is 20.0. The van der Waals surface area contributed by atoms with E-state index in [-0.39, 0.29) is 30.9 Å². The molecule has 8 nitrogen and oxygen atoms in total. The van der Waals surface area contributed by atoms with Gasteiger partial charge >= 0.3 is 5.97 Å². The van der Waals surface area contributed by atoms with Crippen LogP contribution in [0.5, 0.6) is 0 Å². The summed E-state index contributed by atoms with van der Waals surface area (Å²) in [6.07, 6.45) is 6.05. The summed E-state index contributed by atoms with van der Waals surface area (Å²) in [4.78, 5) is 45.9. The molecule has 2 amide bonds. The van der Waals surface area contributed by atoms with Crippen LogP contribution in [0.15, 0.2) is 72.4 Å². The van der Waals surface area contributed by atoms with Gasteiger partial charge in [0.15, 0.2) is 0 Å². The van der Waals surface area contributed by atoms with Crippen LogP contribution in [0, 0.1) is 5.41 Å². The Balaban J connectivity index is 1.62. The first kappa shape index (κ1) is 31.0. The summed E-state index contributed by atoms with van der Waals surface area (Å²) in [6.45, 7) is 8.50. The maximum Gasteiger partial charge on any atom is 0.314 e. The number of carbonyl (C=O) groups is 3. The summed E-state index contributed by atoms with van der Waals surface area (Å²) in [5, 5.41) is 3.99. The van der Waals surface area contributed by atoms with Gasteiger partial charge in [-0.3, -0.25) is 14.4 Å². The van der Waals surface area contributed by atoms with Crippen molar-refractivity contribution in [3.05, 3.63) is 83.6 Å². The Hall–Kier alpha value is -3.91. The minimum Gasteiger partial charge on any atom is -0.466 e. The fraction of sp³-hybridized carbons (Fsp3) is 0.441. The fourth-order valence-corrected chi connectivity index (χ4v) is 6.12. The second-order valence-electron chi connectivity index (χ2n) is 12.3. The van der Waals surface area contributed by atoms with Crippen molar-refractivity contribution >= 4 is 28.7 Å². The first-order valence-electron chi connectivity index (χ1n) is 14.8. The van der Waals surface area contributed by atoms with Gasteiger partial charge in [0.2, 0.25) is 11.8 Å². The van der Waals surface area contributed by atoms with E-state index in [0.717, 1.165) is 27.6 Å². The number of hydrogen-bond acceptors (Lipinski definition) is 5. The number of benzene rings is 2. The van der Waals surface area contributed by atoms with Crippen LogP contribution in [0.3, 0.4) is 0 Å². The van der Waals surface area contributed by atoms with E-state index in [4.69, 9.17) is 10.5 Å². The predicted molar refractivity (Wildman–Crippen MR) is 166 cm³/mol. The fourth-order valence-electron chi connectivity index (χ4n) is 6.12. The number of piperidine rings is 1. The number of hydrogen-bond donors (Lipinski definition) is 3. The van der Waals surface area contributed by atoms with Crippen molar-refractivity contribution in [1.82, 2.24) is 15.2 Å². The number of esters is 1. The monoisotopic (exact) mass is 572 g/mol. The molecule has 1 aliphatic rings. The van der Waals surface area contributed by atoms with Gasteiger partial charge in [-0.15, -0.1) is 0 Å². The minimum atomic E-state index is -0.857. The highest BCUT2D eigenvalue weighted by Crippen LogP contribution is 2.36. The lowest BCUT2D eigenvalue weighted by Gasteiger charge is -2.42. The van der Waals surface area contributed by atoms with Crippen LogP contribution in [0.25, 0.3) is 10.9 Å². The number of likely N-dealkylation sites (tertiary alicyclic amines) is 1. The maximum absolute atomic E-state index is 14.2. The largest absolute Gasteiger partial charge is 0.466 e. The SMILES string of the molecule is CCOC(=O)C1(Cc2ccccc2)CCCN(C(=O)C(Cc2c[nH]c3ccccc23)NC(=O)/C=C(\C)CC(C)(C)N)C1. The second-order valence-corrected chi connectivity index (χ2v) is 12.3. The average molecular weight is 573 g/mol. The Morgan fingerprint density at radius 3 is 2.57 bits per heavy atom. The zero-order chi connectivity index (χ0) is 30.3. The van der Waals surface area contributed by atoms with Crippen molar-refractivity contribution in [1.29, 1.82) is 0 Å². The summed E-state index contributed by atoms with van der Waals surface area (Å²) in [6, 6.07) is 16.9. The van der Waals surface area contributed by atoms with Crippen LogP contribution >= 0.6 is 0 Å². The van der Waals surface area contributed by atoms with Gasteiger partial charge in [-0.1, -0.05) is 54.1 Å². The highest BCUT2D eigenvalue weighted by atomic mass is 16.5. The number of amides is 2. The van der Waals surface area contributed by atoms with Gasteiger partial charge in [0, 0.05) is 48.2 Å². The highest BCUT2D eigenvalue weighted by Gasteiger charge is 2.45. The van der Waals surface area contributed by atoms with Gasteiger partial charge < -0.3 is 25.7 Å². The summed E-state index contributed by atoms with van der Waals surface area (Å²) >= 11 is 0. The summed E-state index contributed by atoms with van der Waals surface area (Å²) < 4.78 is 5.56. The molecule has 3 aromatic rings. The molecule has 0 aliphatic carbocycles. The number of aromatic amines is 1. The lowest BCUT2D eigenvalue weighted by molar-refractivity contribution is -0.161. The Kier molecular flexibility index (Phi) is 9.89. The number of aromatic nitrogens is 1. The molecule has 1 fully saturated rings. The molecule has 2 atom stereocenters. The van der Waals surface area contributed by atoms with E-state index in [2.05, 4.69) is 10.3 Å². The van der Waals surface area contributed by atoms with Crippen molar-refractivity contribution in [3.8, 4) is 0 Å². The molecule has 1 aromatic heterocycles. The minimum absolute atomic E-state index is 0.208. The van der Waals surface area contributed by atoms with Crippen LogP contribution in [0.1, 0.15) is 58.1 Å². The van der Waals surface area contributed by atoms with Crippen LogP contribution in [0.4, 0.5) is 0 Å². The first-order valence-corrected chi connectivity index (χ1v) is 14.8. The third-order valence-corrected chi connectivity index (χ3v) is 7.81. The number of ether oxygens (including phenoxy) is 1. The Morgan fingerprint density at radius 1 is 1.14 bits per heavy atom. The molecule has 1 saturated heterocycles. The molecular weight excluding hydrogens is 528 g/mol. The molecule has 2 heterocycles. The molecule has 4 rings (SSSR count).